The van der Waals surface area contributed by atoms with E-state index in [4.69, 9.17) is 19.5 Å². The summed E-state index contributed by atoms with van der Waals surface area (Å²) in [7, 11) is 4.06. The number of rotatable bonds is 7. The van der Waals surface area contributed by atoms with E-state index in [0.29, 0.717) is 16.0 Å². The van der Waals surface area contributed by atoms with Gasteiger partial charge in [-0.3, -0.25) is 4.79 Å². The molecule has 2 aromatic rings. The molecule has 1 amide bonds. The van der Waals surface area contributed by atoms with Gasteiger partial charge in [0.25, 0.3) is 5.91 Å². The molecule has 0 heterocycles. The van der Waals surface area contributed by atoms with Crippen molar-refractivity contribution in [3.05, 3.63) is 53.1 Å². The van der Waals surface area contributed by atoms with Crippen molar-refractivity contribution in [3.8, 4) is 23.3 Å². The highest BCUT2D eigenvalue weighted by molar-refractivity contribution is 5.95. The van der Waals surface area contributed by atoms with Gasteiger partial charge in [0.2, 0.25) is 5.75 Å². The fourth-order valence-electron chi connectivity index (χ4n) is 2.71. The Morgan fingerprint density at radius 3 is 2.00 bits per heavy atom. The number of hydrogen-bond donors (Lipinski definition) is 0. The molecule has 0 N–H and O–H groups in total. The lowest BCUT2D eigenvalue weighted by molar-refractivity contribution is -0.141. The summed E-state index contributed by atoms with van der Waals surface area (Å²) in [6.45, 7) is -1.73. The first-order valence-electron chi connectivity index (χ1n) is 8.37. The van der Waals surface area contributed by atoms with Gasteiger partial charge in [-0.15, -0.1) is 0 Å². The van der Waals surface area contributed by atoms with Crippen LogP contribution in [0.5, 0.6) is 17.2 Å². The van der Waals surface area contributed by atoms with Crippen LogP contribution in [0.3, 0.4) is 0 Å². The first kappa shape index (κ1) is 21.9. The van der Waals surface area contributed by atoms with Gasteiger partial charge in [0.15, 0.2) is 11.5 Å². The van der Waals surface area contributed by atoms with E-state index in [0.717, 1.165) is 0 Å². The number of amides is 1. The minimum atomic E-state index is -4.59. The maximum absolute atomic E-state index is 13.1. The fourth-order valence-corrected chi connectivity index (χ4v) is 2.71. The Morgan fingerprint density at radius 1 is 1.03 bits per heavy atom. The number of carbonyl (C=O) groups excluding carboxylic acids is 1. The molecular weight excluding hydrogens is 389 g/mol. The van der Waals surface area contributed by atoms with Crippen molar-refractivity contribution in [2.75, 3.05) is 27.9 Å². The molecule has 0 fully saturated rings. The summed E-state index contributed by atoms with van der Waals surface area (Å²) in [6, 6.07) is 10.5. The molecule has 9 heteroatoms. The zero-order valence-corrected chi connectivity index (χ0v) is 16.0. The number of nitrogens with zero attached hydrogens (tertiary/aromatic N) is 2. The van der Waals surface area contributed by atoms with Gasteiger partial charge in [-0.05, 0) is 29.8 Å². The molecule has 2 aromatic carbocycles. The van der Waals surface area contributed by atoms with Crippen LogP contribution in [0.4, 0.5) is 13.2 Å². The summed E-state index contributed by atoms with van der Waals surface area (Å²) < 4.78 is 54.8. The summed E-state index contributed by atoms with van der Waals surface area (Å²) in [6.07, 6.45) is -4.59. The fraction of sp³-hybridized carbons (Fsp3) is 0.300. The topological polar surface area (TPSA) is 71.8 Å². The molecule has 2 rings (SSSR count). The van der Waals surface area contributed by atoms with Crippen molar-refractivity contribution in [2.24, 2.45) is 0 Å². The zero-order valence-electron chi connectivity index (χ0n) is 16.0. The second-order valence-corrected chi connectivity index (χ2v) is 6.00. The van der Waals surface area contributed by atoms with Gasteiger partial charge in [-0.2, -0.15) is 18.4 Å². The van der Waals surface area contributed by atoms with Gasteiger partial charge in [-0.1, -0.05) is 12.1 Å². The van der Waals surface area contributed by atoms with Gasteiger partial charge in [0, 0.05) is 12.1 Å². The minimum absolute atomic E-state index is 0.0441. The van der Waals surface area contributed by atoms with Crippen molar-refractivity contribution in [1.82, 2.24) is 4.90 Å². The van der Waals surface area contributed by atoms with Gasteiger partial charge < -0.3 is 19.1 Å². The third-order valence-electron chi connectivity index (χ3n) is 4.03. The van der Waals surface area contributed by atoms with E-state index in [-0.39, 0.29) is 29.4 Å². The summed E-state index contributed by atoms with van der Waals surface area (Å²) in [5.74, 6) is -0.326. The number of carbonyl (C=O) groups is 1. The van der Waals surface area contributed by atoms with E-state index in [1.807, 2.05) is 6.07 Å². The molecule has 0 bridgehead atoms. The smallest absolute Gasteiger partial charge is 0.406 e. The van der Waals surface area contributed by atoms with Crippen LogP contribution in [0.15, 0.2) is 36.4 Å². The molecule has 0 aromatic heterocycles. The molecule has 0 atom stereocenters. The average molecular weight is 408 g/mol. The van der Waals surface area contributed by atoms with E-state index in [2.05, 4.69) is 0 Å². The molecule has 6 nitrogen and oxygen atoms in total. The number of methoxy groups -OCH3 is 3. The largest absolute Gasteiger partial charge is 0.493 e. The molecule has 0 saturated heterocycles. The van der Waals surface area contributed by atoms with Crippen LogP contribution in [-0.2, 0) is 6.54 Å². The summed E-state index contributed by atoms with van der Waals surface area (Å²) in [5.41, 5.74) is 0.776. The van der Waals surface area contributed by atoms with Gasteiger partial charge in [0.05, 0.1) is 33.0 Å². The Morgan fingerprint density at radius 2 is 1.59 bits per heavy atom. The van der Waals surface area contributed by atoms with E-state index in [1.54, 1.807) is 0 Å². The molecule has 0 spiro atoms. The third kappa shape index (κ3) is 5.54. The number of hydrogen-bond acceptors (Lipinski definition) is 5. The van der Waals surface area contributed by atoms with Crippen LogP contribution in [0, 0.1) is 11.3 Å². The highest BCUT2D eigenvalue weighted by Crippen LogP contribution is 2.38. The summed E-state index contributed by atoms with van der Waals surface area (Å²) in [5, 5.41) is 8.84. The molecule has 0 aliphatic rings. The Kier molecular flexibility index (Phi) is 6.93. The van der Waals surface area contributed by atoms with Gasteiger partial charge in [0.1, 0.15) is 6.54 Å². The first-order chi connectivity index (χ1) is 13.7. The SMILES string of the molecule is COc1cc(C(=O)N(Cc2ccc(C#N)cc2)CC(F)(F)F)cc(OC)c1OC. The maximum Gasteiger partial charge on any atom is 0.406 e. The third-order valence-corrected chi connectivity index (χ3v) is 4.03. The zero-order chi connectivity index (χ0) is 21.6. The van der Waals surface area contributed by atoms with Crippen molar-refractivity contribution in [3.63, 3.8) is 0 Å². The Bertz CT molecular complexity index is 880. The number of nitriles is 1. The van der Waals surface area contributed by atoms with Gasteiger partial charge >= 0.3 is 6.18 Å². The Hall–Kier alpha value is -3.41. The van der Waals surface area contributed by atoms with Crippen LogP contribution in [0.2, 0.25) is 0 Å². The summed E-state index contributed by atoms with van der Waals surface area (Å²) in [4.78, 5) is 13.6. The minimum Gasteiger partial charge on any atom is -0.493 e. The van der Waals surface area contributed by atoms with E-state index >= 15 is 0 Å². The van der Waals surface area contributed by atoms with Crippen molar-refractivity contribution in [2.45, 2.75) is 12.7 Å². The molecule has 0 saturated carbocycles. The highest BCUT2D eigenvalue weighted by atomic mass is 19.4. The molecule has 154 valence electrons. The monoisotopic (exact) mass is 408 g/mol. The predicted octanol–water partition coefficient (Wildman–Crippen LogP) is 3.79. The molecule has 0 unspecified atom stereocenters. The molecule has 0 aliphatic carbocycles. The second kappa shape index (κ2) is 9.19. The average Bonchev–Trinajstić information content (AvgIpc) is 2.71. The van der Waals surface area contributed by atoms with E-state index in [1.165, 1.54) is 57.7 Å². The molecule has 0 radical (unpaired) electrons. The lowest BCUT2D eigenvalue weighted by atomic mass is 10.1. The quantitative estimate of drug-likeness (QED) is 0.697. The van der Waals surface area contributed by atoms with E-state index < -0.39 is 18.6 Å². The molecule has 0 aliphatic heterocycles. The van der Waals surface area contributed by atoms with Crippen LogP contribution < -0.4 is 14.2 Å². The highest BCUT2D eigenvalue weighted by Gasteiger charge is 2.34. The standard InChI is InChI=1S/C20H19F3N2O4/c1-27-16-8-15(9-17(28-2)18(16)29-3)19(26)25(12-20(21,22)23)11-14-6-4-13(10-24)5-7-14/h4-9H,11-12H2,1-3H3. The normalized spacial score (nSPS) is 10.8. The van der Waals surface area contributed by atoms with Crippen molar-refractivity contribution >= 4 is 5.91 Å². The van der Waals surface area contributed by atoms with Crippen LogP contribution in [0.25, 0.3) is 0 Å². The van der Waals surface area contributed by atoms with Crippen LogP contribution in [0.1, 0.15) is 21.5 Å². The van der Waals surface area contributed by atoms with Crippen molar-refractivity contribution < 1.29 is 32.2 Å². The first-order valence-corrected chi connectivity index (χ1v) is 8.37. The lowest BCUT2D eigenvalue weighted by Gasteiger charge is -2.25. The Balaban J connectivity index is 2.42. The predicted molar refractivity (Wildman–Crippen MR) is 98.1 cm³/mol. The number of halogens is 3. The maximum atomic E-state index is 13.1. The van der Waals surface area contributed by atoms with Gasteiger partial charge in [-0.25, -0.2) is 0 Å². The van der Waals surface area contributed by atoms with E-state index in [9.17, 15) is 18.0 Å². The number of alkyl halides is 3. The Labute approximate surface area is 166 Å². The number of benzene rings is 2. The van der Waals surface area contributed by atoms with Crippen LogP contribution >= 0.6 is 0 Å². The number of ether oxygens (including phenoxy) is 3. The summed E-state index contributed by atoms with van der Waals surface area (Å²) >= 11 is 0. The lowest BCUT2D eigenvalue weighted by Crippen LogP contribution is -2.38. The second-order valence-electron chi connectivity index (χ2n) is 6.00. The van der Waals surface area contributed by atoms with Crippen LogP contribution in [-0.4, -0.2) is 44.9 Å². The molecular formula is C20H19F3N2O4. The van der Waals surface area contributed by atoms with Crippen molar-refractivity contribution in [1.29, 1.82) is 5.26 Å². The molecule has 29 heavy (non-hydrogen) atoms.